The summed E-state index contributed by atoms with van der Waals surface area (Å²) in [5.41, 5.74) is 0.416. The van der Waals surface area contributed by atoms with Gasteiger partial charge in [0.1, 0.15) is 5.76 Å². The minimum absolute atomic E-state index is 0.254. The van der Waals surface area contributed by atoms with Gasteiger partial charge >= 0.3 is 5.97 Å². The van der Waals surface area contributed by atoms with Crippen molar-refractivity contribution in [2.75, 3.05) is 0 Å². The largest absolute Gasteiger partial charge is 0.467 e. The van der Waals surface area contributed by atoms with Gasteiger partial charge in [-0.15, -0.1) is 0 Å². The number of carbonyl (C=O) groups is 2. The molecule has 0 saturated carbocycles. The quantitative estimate of drug-likeness (QED) is 0.732. The number of fused-ring (bicyclic) bond motifs is 1. The minimum Gasteiger partial charge on any atom is -0.467 e. The molecule has 5 heteroatoms. The van der Waals surface area contributed by atoms with Gasteiger partial charge in [-0.25, -0.2) is 4.79 Å². The lowest BCUT2D eigenvalue weighted by molar-refractivity contribution is -0.129. The van der Waals surface area contributed by atoms with Gasteiger partial charge in [-0.3, -0.25) is 4.79 Å². The molecular weight excluding hydrogens is 306 g/mol. The summed E-state index contributed by atoms with van der Waals surface area (Å²) in [7, 11) is 0. The summed E-state index contributed by atoms with van der Waals surface area (Å²) in [4.78, 5) is 24.2. The van der Waals surface area contributed by atoms with Crippen LogP contribution in [0.15, 0.2) is 65.3 Å². The summed E-state index contributed by atoms with van der Waals surface area (Å²) < 4.78 is 10.4. The SMILES string of the molecule is C[C@H](OC(=O)c1ccc2ccccc2c1)C(=O)NCc1ccco1. The average molecular weight is 323 g/mol. The molecule has 1 N–H and O–H groups in total. The van der Waals surface area contributed by atoms with Gasteiger partial charge in [0.2, 0.25) is 0 Å². The molecule has 0 aliphatic heterocycles. The second-order valence-corrected chi connectivity index (χ2v) is 5.41. The second kappa shape index (κ2) is 7.00. The molecule has 5 nitrogen and oxygen atoms in total. The molecule has 24 heavy (non-hydrogen) atoms. The molecule has 1 atom stereocenters. The van der Waals surface area contributed by atoms with Crippen LogP contribution in [0.5, 0.6) is 0 Å². The molecule has 0 radical (unpaired) electrons. The Hall–Kier alpha value is -3.08. The normalized spacial score (nSPS) is 11.9. The van der Waals surface area contributed by atoms with Crippen molar-refractivity contribution in [2.24, 2.45) is 0 Å². The van der Waals surface area contributed by atoms with Crippen molar-refractivity contribution in [1.29, 1.82) is 0 Å². The van der Waals surface area contributed by atoms with Gasteiger partial charge in [-0.05, 0) is 42.0 Å². The Morgan fingerprint density at radius 1 is 1.08 bits per heavy atom. The van der Waals surface area contributed by atoms with Crippen LogP contribution >= 0.6 is 0 Å². The fraction of sp³-hybridized carbons (Fsp3) is 0.158. The Morgan fingerprint density at radius 3 is 2.62 bits per heavy atom. The number of carbonyl (C=O) groups excluding carboxylic acids is 2. The number of hydrogen-bond acceptors (Lipinski definition) is 4. The van der Waals surface area contributed by atoms with E-state index in [1.165, 1.54) is 13.2 Å². The lowest BCUT2D eigenvalue weighted by atomic mass is 10.1. The summed E-state index contributed by atoms with van der Waals surface area (Å²) in [6, 6.07) is 16.5. The lowest BCUT2D eigenvalue weighted by Gasteiger charge is -2.13. The first-order valence-corrected chi connectivity index (χ1v) is 7.63. The van der Waals surface area contributed by atoms with E-state index in [1.807, 2.05) is 30.3 Å². The maximum atomic E-state index is 12.2. The van der Waals surface area contributed by atoms with Gasteiger partial charge in [-0.1, -0.05) is 30.3 Å². The zero-order chi connectivity index (χ0) is 16.9. The molecular formula is C19H17NO4. The molecule has 3 rings (SSSR count). The van der Waals surface area contributed by atoms with Crippen LogP contribution < -0.4 is 5.32 Å². The van der Waals surface area contributed by atoms with Crippen molar-refractivity contribution >= 4 is 22.6 Å². The van der Waals surface area contributed by atoms with Crippen LogP contribution in [0.3, 0.4) is 0 Å². The minimum atomic E-state index is -0.890. The van der Waals surface area contributed by atoms with E-state index < -0.39 is 12.1 Å². The molecule has 122 valence electrons. The molecule has 2 aromatic carbocycles. The van der Waals surface area contributed by atoms with Crippen LogP contribution in [0.4, 0.5) is 0 Å². The zero-order valence-electron chi connectivity index (χ0n) is 13.2. The van der Waals surface area contributed by atoms with Crippen LogP contribution in [-0.2, 0) is 16.1 Å². The smallest absolute Gasteiger partial charge is 0.338 e. The summed E-state index contributed by atoms with van der Waals surface area (Å²) >= 11 is 0. The zero-order valence-corrected chi connectivity index (χ0v) is 13.2. The Bertz CT molecular complexity index is 855. The number of esters is 1. The van der Waals surface area contributed by atoms with Crippen molar-refractivity contribution in [3.8, 4) is 0 Å². The van der Waals surface area contributed by atoms with Crippen molar-refractivity contribution in [3.63, 3.8) is 0 Å². The molecule has 0 bridgehead atoms. The Labute approximate surface area is 139 Å². The van der Waals surface area contributed by atoms with E-state index in [1.54, 1.807) is 24.3 Å². The number of benzene rings is 2. The van der Waals surface area contributed by atoms with Crippen LogP contribution in [0.2, 0.25) is 0 Å². The third-order valence-corrected chi connectivity index (χ3v) is 3.66. The average Bonchev–Trinajstić information content (AvgIpc) is 3.12. The predicted octanol–water partition coefficient (Wildman–Crippen LogP) is 3.29. The highest BCUT2D eigenvalue weighted by Crippen LogP contribution is 2.16. The van der Waals surface area contributed by atoms with Crippen LogP contribution in [0, 0.1) is 0 Å². The Morgan fingerprint density at radius 2 is 1.88 bits per heavy atom. The van der Waals surface area contributed by atoms with E-state index in [4.69, 9.17) is 9.15 Å². The Balaban J connectivity index is 1.61. The van der Waals surface area contributed by atoms with Gasteiger partial charge in [-0.2, -0.15) is 0 Å². The van der Waals surface area contributed by atoms with Crippen molar-refractivity contribution in [3.05, 3.63) is 72.2 Å². The first-order chi connectivity index (χ1) is 11.6. The van der Waals surface area contributed by atoms with Gasteiger partial charge in [0.25, 0.3) is 5.91 Å². The topological polar surface area (TPSA) is 68.5 Å². The molecule has 0 aliphatic carbocycles. The Kier molecular flexibility index (Phi) is 4.61. The maximum absolute atomic E-state index is 12.2. The summed E-state index contributed by atoms with van der Waals surface area (Å²) in [6.07, 6.45) is 0.643. The summed E-state index contributed by atoms with van der Waals surface area (Å²) in [5, 5.41) is 4.65. The standard InChI is InChI=1S/C19H17NO4/c1-13(18(21)20-12-17-7-4-10-23-17)24-19(22)16-9-8-14-5-2-3-6-15(14)11-16/h2-11,13H,12H2,1H3,(H,20,21)/t13-/m0/s1. The van der Waals surface area contributed by atoms with Gasteiger partial charge in [0, 0.05) is 0 Å². The molecule has 0 aliphatic rings. The number of nitrogens with one attached hydrogen (secondary N) is 1. The summed E-state index contributed by atoms with van der Waals surface area (Å²) in [6.45, 7) is 1.79. The first kappa shape index (κ1) is 15.8. The van der Waals surface area contributed by atoms with Crippen molar-refractivity contribution in [1.82, 2.24) is 5.32 Å². The van der Waals surface area contributed by atoms with E-state index in [0.29, 0.717) is 11.3 Å². The van der Waals surface area contributed by atoms with E-state index in [2.05, 4.69) is 5.32 Å². The molecule has 0 spiro atoms. The molecule has 1 amide bonds. The number of ether oxygens (including phenoxy) is 1. The first-order valence-electron chi connectivity index (χ1n) is 7.63. The molecule has 1 aromatic heterocycles. The van der Waals surface area contributed by atoms with Crippen molar-refractivity contribution < 1.29 is 18.7 Å². The lowest BCUT2D eigenvalue weighted by Crippen LogP contribution is -2.35. The van der Waals surface area contributed by atoms with Gasteiger partial charge in [0.05, 0.1) is 18.4 Å². The molecule has 3 aromatic rings. The maximum Gasteiger partial charge on any atom is 0.338 e. The van der Waals surface area contributed by atoms with E-state index >= 15 is 0 Å². The molecule has 0 saturated heterocycles. The molecule has 0 fully saturated rings. The highest BCUT2D eigenvalue weighted by Gasteiger charge is 2.19. The predicted molar refractivity (Wildman–Crippen MR) is 89.4 cm³/mol. The van der Waals surface area contributed by atoms with Crippen LogP contribution in [0.25, 0.3) is 10.8 Å². The van der Waals surface area contributed by atoms with E-state index in [0.717, 1.165) is 10.8 Å². The highest BCUT2D eigenvalue weighted by molar-refractivity contribution is 5.96. The van der Waals surface area contributed by atoms with E-state index in [9.17, 15) is 9.59 Å². The second-order valence-electron chi connectivity index (χ2n) is 5.41. The van der Waals surface area contributed by atoms with Crippen LogP contribution in [-0.4, -0.2) is 18.0 Å². The third-order valence-electron chi connectivity index (χ3n) is 3.66. The third kappa shape index (κ3) is 3.63. The monoisotopic (exact) mass is 323 g/mol. The highest BCUT2D eigenvalue weighted by atomic mass is 16.5. The molecule has 1 heterocycles. The number of furan rings is 1. The van der Waals surface area contributed by atoms with Gasteiger partial charge in [0.15, 0.2) is 6.10 Å². The van der Waals surface area contributed by atoms with Crippen LogP contribution in [0.1, 0.15) is 23.0 Å². The summed E-state index contributed by atoms with van der Waals surface area (Å²) in [5.74, 6) is -0.265. The fourth-order valence-electron chi connectivity index (χ4n) is 2.33. The fourth-order valence-corrected chi connectivity index (χ4v) is 2.33. The van der Waals surface area contributed by atoms with Crippen molar-refractivity contribution in [2.45, 2.75) is 19.6 Å². The molecule has 0 unspecified atom stereocenters. The van der Waals surface area contributed by atoms with Gasteiger partial charge < -0.3 is 14.5 Å². The number of hydrogen-bond donors (Lipinski definition) is 1. The number of amides is 1. The number of rotatable bonds is 5. The van der Waals surface area contributed by atoms with E-state index in [-0.39, 0.29) is 12.5 Å².